The van der Waals surface area contributed by atoms with Crippen LogP contribution in [0.1, 0.15) is 32.0 Å². The Morgan fingerprint density at radius 3 is 3.06 bits per heavy atom. The van der Waals surface area contributed by atoms with Crippen LogP contribution in [0.3, 0.4) is 0 Å². The van der Waals surface area contributed by atoms with Gasteiger partial charge < -0.3 is 9.88 Å². The first-order valence-electron chi connectivity index (χ1n) is 6.29. The molecule has 0 aromatic carbocycles. The fraction of sp³-hybridized carbons (Fsp3) is 0.538. The van der Waals surface area contributed by atoms with Gasteiger partial charge in [0.15, 0.2) is 0 Å². The van der Waals surface area contributed by atoms with Crippen LogP contribution in [0, 0.1) is 0 Å². The molecule has 1 aliphatic rings. The van der Waals surface area contributed by atoms with E-state index in [1.165, 1.54) is 12.8 Å². The lowest BCUT2D eigenvalue weighted by atomic mass is 9.93. The molecule has 1 N–H and O–H groups in total. The molecule has 0 aliphatic carbocycles. The van der Waals surface area contributed by atoms with Crippen molar-refractivity contribution in [1.29, 1.82) is 0 Å². The van der Waals surface area contributed by atoms with Gasteiger partial charge in [0, 0.05) is 13.2 Å². The summed E-state index contributed by atoms with van der Waals surface area (Å²) in [5, 5.41) is 3.63. The number of pyridine rings is 1. The molecule has 3 rings (SSSR count). The van der Waals surface area contributed by atoms with Crippen LogP contribution in [0.25, 0.3) is 11.0 Å². The number of hydrogen-bond donors (Lipinski definition) is 1. The second-order valence-corrected chi connectivity index (χ2v) is 4.82. The number of nitrogens with one attached hydrogen (secondary N) is 1. The Morgan fingerprint density at radius 1 is 1.53 bits per heavy atom. The molecule has 0 amide bonds. The second kappa shape index (κ2) is 3.81. The van der Waals surface area contributed by atoms with E-state index in [-0.39, 0.29) is 5.54 Å². The van der Waals surface area contributed by atoms with Gasteiger partial charge in [0.2, 0.25) is 0 Å². The minimum atomic E-state index is 0.0633. The lowest BCUT2D eigenvalue weighted by Crippen LogP contribution is -2.38. The predicted molar refractivity (Wildman–Crippen MR) is 67.7 cm³/mol. The van der Waals surface area contributed by atoms with E-state index in [4.69, 9.17) is 4.98 Å². The van der Waals surface area contributed by atoms with Gasteiger partial charge in [0.25, 0.3) is 0 Å². The van der Waals surface area contributed by atoms with Gasteiger partial charge in [-0.05, 0) is 31.9 Å². The van der Waals surface area contributed by atoms with Crippen molar-refractivity contribution in [2.45, 2.75) is 31.7 Å². The van der Waals surface area contributed by atoms with Crippen molar-refractivity contribution in [2.75, 3.05) is 6.54 Å². The third-order valence-electron chi connectivity index (χ3n) is 3.96. The smallest absolute Gasteiger partial charge is 0.130 e. The van der Waals surface area contributed by atoms with Crippen LogP contribution >= 0.6 is 0 Å². The summed E-state index contributed by atoms with van der Waals surface area (Å²) in [6, 6.07) is 2.03. The van der Waals surface area contributed by atoms with E-state index >= 15 is 0 Å². The number of nitrogens with zero attached hydrogens (tertiary/aromatic N) is 3. The van der Waals surface area contributed by atoms with Gasteiger partial charge in [0.1, 0.15) is 11.3 Å². The van der Waals surface area contributed by atoms with Gasteiger partial charge in [0.05, 0.1) is 17.3 Å². The lowest BCUT2D eigenvalue weighted by Gasteiger charge is -2.27. The van der Waals surface area contributed by atoms with E-state index in [2.05, 4.69) is 28.8 Å². The maximum atomic E-state index is 4.78. The van der Waals surface area contributed by atoms with Crippen molar-refractivity contribution < 1.29 is 0 Å². The summed E-state index contributed by atoms with van der Waals surface area (Å²) >= 11 is 0. The number of imidazole rings is 1. The SMILES string of the molecule is CCC1(c2nc3cnccc3n2C)CCCN1. The molecular weight excluding hydrogens is 212 g/mol. The van der Waals surface area contributed by atoms with Crippen LogP contribution in [0.4, 0.5) is 0 Å². The van der Waals surface area contributed by atoms with Gasteiger partial charge in [-0.25, -0.2) is 4.98 Å². The van der Waals surface area contributed by atoms with Crippen LogP contribution in [-0.2, 0) is 12.6 Å². The molecule has 1 saturated heterocycles. The Balaban J connectivity index is 2.19. The molecule has 90 valence electrons. The molecule has 4 nitrogen and oxygen atoms in total. The highest BCUT2D eigenvalue weighted by Gasteiger charge is 2.37. The summed E-state index contributed by atoms with van der Waals surface area (Å²) < 4.78 is 2.21. The van der Waals surface area contributed by atoms with Crippen LogP contribution in [0.15, 0.2) is 18.5 Å². The Hall–Kier alpha value is -1.42. The monoisotopic (exact) mass is 230 g/mol. The molecule has 0 radical (unpaired) electrons. The molecular formula is C13H18N4. The molecule has 17 heavy (non-hydrogen) atoms. The first-order valence-corrected chi connectivity index (χ1v) is 6.29. The van der Waals surface area contributed by atoms with Crippen molar-refractivity contribution in [3.8, 4) is 0 Å². The van der Waals surface area contributed by atoms with E-state index in [0.717, 1.165) is 29.8 Å². The average Bonchev–Trinajstić information content (AvgIpc) is 2.96. The highest BCUT2D eigenvalue weighted by atomic mass is 15.2. The molecule has 1 aliphatic heterocycles. The summed E-state index contributed by atoms with van der Waals surface area (Å²) in [4.78, 5) is 8.92. The number of aryl methyl sites for hydroxylation is 1. The molecule has 3 heterocycles. The second-order valence-electron chi connectivity index (χ2n) is 4.82. The maximum Gasteiger partial charge on any atom is 0.130 e. The van der Waals surface area contributed by atoms with Crippen LogP contribution < -0.4 is 5.32 Å². The Bertz CT molecular complexity index is 537. The molecule has 4 heteroatoms. The summed E-state index contributed by atoms with van der Waals surface area (Å²) in [7, 11) is 2.10. The molecule has 2 aromatic heterocycles. The third kappa shape index (κ3) is 1.47. The molecule has 2 aromatic rings. The fourth-order valence-electron chi connectivity index (χ4n) is 2.94. The van der Waals surface area contributed by atoms with Gasteiger partial charge in [-0.15, -0.1) is 0 Å². The van der Waals surface area contributed by atoms with Gasteiger partial charge >= 0.3 is 0 Å². The van der Waals surface area contributed by atoms with E-state index < -0.39 is 0 Å². The first-order chi connectivity index (χ1) is 8.27. The standard InChI is InChI=1S/C13H18N4/c1-3-13(6-4-7-15-13)12-16-10-9-14-8-5-11(10)17(12)2/h5,8-9,15H,3-4,6-7H2,1-2H3. The molecule has 1 atom stereocenters. The zero-order chi connectivity index (χ0) is 11.9. The van der Waals surface area contributed by atoms with Crippen molar-refractivity contribution >= 4 is 11.0 Å². The number of fused-ring (bicyclic) bond motifs is 1. The zero-order valence-corrected chi connectivity index (χ0v) is 10.4. The Morgan fingerprint density at radius 2 is 2.41 bits per heavy atom. The van der Waals surface area contributed by atoms with Crippen LogP contribution in [-0.4, -0.2) is 21.1 Å². The van der Waals surface area contributed by atoms with E-state index in [1.54, 1.807) is 0 Å². The fourth-order valence-corrected chi connectivity index (χ4v) is 2.94. The molecule has 1 unspecified atom stereocenters. The topological polar surface area (TPSA) is 42.7 Å². The number of rotatable bonds is 2. The molecule has 0 saturated carbocycles. The Labute approximate surface area is 101 Å². The summed E-state index contributed by atoms with van der Waals surface area (Å²) in [5.41, 5.74) is 2.22. The van der Waals surface area contributed by atoms with Crippen LogP contribution in [0.5, 0.6) is 0 Å². The summed E-state index contributed by atoms with van der Waals surface area (Å²) in [5.74, 6) is 1.15. The van der Waals surface area contributed by atoms with E-state index in [9.17, 15) is 0 Å². The van der Waals surface area contributed by atoms with Gasteiger partial charge in [-0.1, -0.05) is 6.92 Å². The quantitative estimate of drug-likeness (QED) is 0.857. The van der Waals surface area contributed by atoms with E-state index in [0.29, 0.717) is 0 Å². The predicted octanol–water partition coefficient (Wildman–Crippen LogP) is 1.96. The summed E-state index contributed by atoms with van der Waals surface area (Å²) in [6.07, 6.45) is 7.16. The van der Waals surface area contributed by atoms with E-state index in [1.807, 2.05) is 18.5 Å². The number of hydrogen-bond acceptors (Lipinski definition) is 3. The van der Waals surface area contributed by atoms with Crippen molar-refractivity contribution in [2.24, 2.45) is 7.05 Å². The minimum absolute atomic E-state index is 0.0633. The normalized spacial score (nSPS) is 24.6. The first kappa shape index (κ1) is 10.7. The average molecular weight is 230 g/mol. The zero-order valence-electron chi connectivity index (χ0n) is 10.4. The maximum absolute atomic E-state index is 4.78. The van der Waals surface area contributed by atoms with Gasteiger partial charge in [-0.2, -0.15) is 0 Å². The molecule has 0 bridgehead atoms. The Kier molecular flexibility index (Phi) is 2.40. The van der Waals surface area contributed by atoms with Crippen LogP contribution in [0.2, 0.25) is 0 Å². The van der Waals surface area contributed by atoms with Crippen molar-refractivity contribution in [1.82, 2.24) is 19.9 Å². The highest BCUT2D eigenvalue weighted by molar-refractivity contribution is 5.74. The largest absolute Gasteiger partial charge is 0.329 e. The number of aromatic nitrogens is 3. The highest BCUT2D eigenvalue weighted by Crippen LogP contribution is 2.34. The molecule has 1 fully saturated rings. The summed E-state index contributed by atoms with van der Waals surface area (Å²) in [6.45, 7) is 3.32. The molecule has 0 spiro atoms. The lowest BCUT2D eigenvalue weighted by molar-refractivity contribution is 0.345. The van der Waals surface area contributed by atoms with Crippen molar-refractivity contribution in [3.63, 3.8) is 0 Å². The third-order valence-corrected chi connectivity index (χ3v) is 3.96. The van der Waals surface area contributed by atoms with Crippen molar-refractivity contribution in [3.05, 3.63) is 24.3 Å². The van der Waals surface area contributed by atoms with Gasteiger partial charge in [-0.3, -0.25) is 4.98 Å². The minimum Gasteiger partial charge on any atom is -0.329 e.